The van der Waals surface area contributed by atoms with Crippen LogP contribution in [0.3, 0.4) is 0 Å². The van der Waals surface area contributed by atoms with Crippen molar-refractivity contribution < 1.29 is 28.6 Å². The minimum absolute atomic E-state index is 0.00266. The minimum Gasteiger partial charge on any atom is -0.466 e. The first-order valence-corrected chi connectivity index (χ1v) is 8.92. The molecule has 0 bridgehead atoms. The molecule has 0 saturated carbocycles. The van der Waals surface area contributed by atoms with E-state index in [-0.39, 0.29) is 30.4 Å². The summed E-state index contributed by atoms with van der Waals surface area (Å²) < 4.78 is 15.1. The van der Waals surface area contributed by atoms with Gasteiger partial charge in [-0.1, -0.05) is 30.3 Å². The van der Waals surface area contributed by atoms with E-state index in [1.807, 2.05) is 42.5 Å². The topological polar surface area (TPSA) is 82.1 Å². The Morgan fingerprint density at radius 2 is 1.62 bits per heavy atom. The second-order valence-electron chi connectivity index (χ2n) is 6.40. The van der Waals surface area contributed by atoms with Crippen molar-refractivity contribution in [1.82, 2.24) is 0 Å². The molecule has 0 radical (unpaired) electrons. The summed E-state index contributed by atoms with van der Waals surface area (Å²) >= 11 is 0. The van der Waals surface area contributed by atoms with Crippen LogP contribution in [0.15, 0.2) is 59.8 Å². The van der Waals surface area contributed by atoms with Gasteiger partial charge in [-0.2, -0.15) is 0 Å². The fourth-order valence-corrected chi connectivity index (χ4v) is 3.10. The van der Waals surface area contributed by atoms with Crippen LogP contribution >= 0.6 is 0 Å². The van der Waals surface area contributed by atoms with E-state index in [0.717, 1.165) is 11.1 Å². The molecule has 0 fully saturated rings. The Hall–Kier alpha value is -3.45. The van der Waals surface area contributed by atoms with E-state index < -0.39 is 11.9 Å². The van der Waals surface area contributed by atoms with Gasteiger partial charge in [0, 0.05) is 11.3 Å². The van der Waals surface area contributed by atoms with Crippen molar-refractivity contribution in [2.45, 2.75) is 6.92 Å². The number of benzene rings is 2. The third-order valence-corrected chi connectivity index (χ3v) is 4.61. The van der Waals surface area contributed by atoms with Crippen molar-refractivity contribution in [2.75, 3.05) is 32.5 Å². The normalized spacial score (nSPS) is 13.8. The Labute approximate surface area is 168 Å². The lowest BCUT2D eigenvalue weighted by Gasteiger charge is -2.31. The van der Waals surface area contributed by atoms with Crippen molar-refractivity contribution in [3.8, 4) is 11.1 Å². The average molecular weight is 395 g/mol. The molecule has 150 valence electrons. The second kappa shape index (κ2) is 8.70. The number of anilines is 1. The number of carbonyl (C=O) groups is 3. The smallest absolute Gasteiger partial charge is 0.355 e. The van der Waals surface area contributed by atoms with E-state index in [9.17, 15) is 14.4 Å². The van der Waals surface area contributed by atoms with Gasteiger partial charge in [0.15, 0.2) is 5.78 Å². The number of nitrogens with zero attached hydrogens (tertiary/aromatic N) is 1. The predicted octanol–water partition coefficient (Wildman–Crippen LogP) is 2.95. The minimum atomic E-state index is -0.646. The fraction of sp³-hybridized carbons (Fsp3) is 0.227. The summed E-state index contributed by atoms with van der Waals surface area (Å²) in [4.78, 5) is 37.6. The quantitative estimate of drug-likeness (QED) is 0.569. The third kappa shape index (κ3) is 4.20. The summed E-state index contributed by atoms with van der Waals surface area (Å²) in [6, 6.07) is 14.7. The van der Waals surface area contributed by atoms with Gasteiger partial charge < -0.3 is 19.1 Å². The number of methoxy groups -OCH3 is 2. The summed E-state index contributed by atoms with van der Waals surface area (Å²) in [6.07, 6.45) is 0. The van der Waals surface area contributed by atoms with Gasteiger partial charge in [-0.25, -0.2) is 9.59 Å². The van der Waals surface area contributed by atoms with Gasteiger partial charge in [0.25, 0.3) is 0 Å². The summed E-state index contributed by atoms with van der Waals surface area (Å²) in [6.45, 7) is 1.58. The van der Waals surface area contributed by atoms with E-state index in [0.29, 0.717) is 11.3 Å². The zero-order valence-corrected chi connectivity index (χ0v) is 16.4. The number of hydrogen-bond donors (Lipinski definition) is 0. The number of ether oxygens (including phenoxy) is 3. The van der Waals surface area contributed by atoms with Crippen LogP contribution in [0.2, 0.25) is 0 Å². The maximum absolute atomic E-state index is 12.4. The van der Waals surface area contributed by atoms with Gasteiger partial charge >= 0.3 is 11.9 Å². The number of esters is 2. The molecular weight excluding hydrogens is 374 g/mol. The number of hydrogen-bond acceptors (Lipinski definition) is 7. The Kier molecular flexibility index (Phi) is 6.09. The first-order chi connectivity index (χ1) is 14.0. The van der Waals surface area contributed by atoms with E-state index in [2.05, 4.69) is 0 Å². The van der Waals surface area contributed by atoms with Crippen LogP contribution < -0.4 is 4.90 Å². The molecule has 7 heteroatoms. The van der Waals surface area contributed by atoms with Crippen LogP contribution in [0.5, 0.6) is 0 Å². The van der Waals surface area contributed by atoms with E-state index in [1.54, 1.807) is 11.0 Å². The SMILES string of the molecule is COC(=O)C1=C(C(=O)OC)N(c2ccc(-c3cccc(C(C)=O)c3)cc2)COC1. The Bertz CT molecular complexity index is 977. The maximum Gasteiger partial charge on any atom is 0.355 e. The van der Waals surface area contributed by atoms with Gasteiger partial charge in [-0.05, 0) is 36.2 Å². The van der Waals surface area contributed by atoms with Crippen molar-refractivity contribution in [3.05, 3.63) is 65.4 Å². The van der Waals surface area contributed by atoms with Crippen LogP contribution in [0.25, 0.3) is 11.1 Å². The largest absolute Gasteiger partial charge is 0.466 e. The Balaban J connectivity index is 1.98. The molecule has 0 aromatic heterocycles. The van der Waals surface area contributed by atoms with Gasteiger partial charge in [-0.3, -0.25) is 4.79 Å². The second-order valence-corrected chi connectivity index (χ2v) is 6.40. The van der Waals surface area contributed by atoms with Gasteiger partial charge in [0.1, 0.15) is 12.4 Å². The number of rotatable bonds is 5. The standard InChI is InChI=1S/C22H21NO6/c1-14(24)16-5-4-6-17(11-16)15-7-9-18(10-8-15)23-13-29-12-19(21(25)27-2)20(23)22(26)28-3/h4-11H,12-13H2,1-3H3. The molecule has 1 aliphatic rings. The molecular formula is C22H21NO6. The third-order valence-electron chi connectivity index (χ3n) is 4.61. The molecule has 2 aromatic rings. The molecule has 0 N–H and O–H groups in total. The molecule has 0 spiro atoms. The van der Waals surface area contributed by atoms with E-state index in [1.165, 1.54) is 21.1 Å². The zero-order chi connectivity index (χ0) is 21.0. The number of ketones is 1. The highest BCUT2D eigenvalue weighted by molar-refractivity contribution is 6.03. The maximum atomic E-state index is 12.4. The van der Waals surface area contributed by atoms with Crippen molar-refractivity contribution in [3.63, 3.8) is 0 Å². The first kappa shape index (κ1) is 20.3. The Morgan fingerprint density at radius 1 is 0.931 bits per heavy atom. The van der Waals surface area contributed by atoms with Crippen molar-refractivity contribution >= 4 is 23.4 Å². The van der Waals surface area contributed by atoms with Gasteiger partial charge in [0.05, 0.1) is 26.4 Å². The zero-order valence-electron chi connectivity index (χ0n) is 16.4. The lowest BCUT2D eigenvalue weighted by molar-refractivity contribution is -0.140. The molecule has 0 aliphatic carbocycles. The lowest BCUT2D eigenvalue weighted by atomic mass is 10.0. The molecule has 0 saturated heterocycles. The van der Waals surface area contributed by atoms with E-state index >= 15 is 0 Å². The Morgan fingerprint density at radius 3 is 2.24 bits per heavy atom. The summed E-state index contributed by atoms with van der Waals surface area (Å²) in [5.74, 6) is -1.29. The number of carbonyl (C=O) groups excluding carboxylic acids is 3. The summed E-state index contributed by atoms with van der Waals surface area (Å²) in [5.41, 5.74) is 3.29. The lowest BCUT2D eigenvalue weighted by Crippen LogP contribution is -2.38. The summed E-state index contributed by atoms with van der Waals surface area (Å²) in [7, 11) is 2.50. The number of Topliss-reactive ketones (excluding diaryl/α,β-unsaturated/α-hetero) is 1. The van der Waals surface area contributed by atoms with Crippen LogP contribution in [-0.4, -0.2) is 45.3 Å². The molecule has 3 rings (SSSR count). The highest BCUT2D eigenvalue weighted by atomic mass is 16.5. The van der Waals surface area contributed by atoms with Crippen LogP contribution in [0.4, 0.5) is 5.69 Å². The highest BCUT2D eigenvalue weighted by Gasteiger charge is 2.32. The monoisotopic (exact) mass is 395 g/mol. The molecule has 0 atom stereocenters. The molecule has 1 heterocycles. The molecule has 0 unspecified atom stereocenters. The molecule has 0 amide bonds. The van der Waals surface area contributed by atoms with Gasteiger partial charge in [0.2, 0.25) is 0 Å². The molecule has 7 nitrogen and oxygen atoms in total. The van der Waals surface area contributed by atoms with Gasteiger partial charge in [-0.15, -0.1) is 0 Å². The van der Waals surface area contributed by atoms with Crippen molar-refractivity contribution in [1.29, 1.82) is 0 Å². The first-order valence-electron chi connectivity index (χ1n) is 8.92. The van der Waals surface area contributed by atoms with Crippen molar-refractivity contribution in [2.24, 2.45) is 0 Å². The highest BCUT2D eigenvalue weighted by Crippen LogP contribution is 2.29. The fourth-order valence-electron chi connectivity index (χ4n) is 3.10. The molecule has 1 aliphatic heterocycles. The van der Waals surface area contributed by atoms with E-state index in [4.69, 9.17) is 14.2 Å². The summed E-state index contributed by atoms with van der Waals surface area (Å²) in [5, 5.41) is 0. The molecule has 2 aromatic carbocycles. The molecule has 29 heavy (non-hydrogen) atoms. The van der Waals surface area contributed by atoms with Crippen LogP contribution in [0.1, 0.15) is 17.3 Å². The predicted molar refractivity (Wildman–Crippen MR) is 106 cm³/mol. The average Bonchev–Trinajstić information content (AvgIpc) is 2.77. The van der Waals surface area contributed by atoms with Crippen LogP contribution in [-0.2, 0) is 23.8 Å². The van der Waals surface area contributed by atoms with Crippen LogP contribution in [0, 0.1) is 0 Å².